The molecule has 1 aromatic carbocycles. The van der Waals surface area contributed by atoms with Crippen molar-refractivity contribution in [2.24, 2.45) is 5.41 Å². The van der Waals surface area contributed by atoms with Gasteiger partial charge in [0.2, 0.25) is 0 Å². The number of ketones is 1. The van der Waals surface area contributed by atoms with Crippen LogP contribution >= 0.6 is 0 Å². The Hall–Kier alpha value is -2.30. The van der Waals surface area contributed by atoms with Gasteiger partial charge in [0.25, 0.3) is 0 Å². The summed E-state index contributed by atoms with van der Waals surface area (Å²) in [5.41, 5.74) is 0.137. The normalized spacial score (nSPS) is 11.4. The Balaban J connectivity index is 2.61. The number of phenols is 1. The van der Waals surface area contributed by atoms with Gasteiger partial charge in [0.15, 0.2) is 23.9 Å². The minimum atomic E-state index is -0.598. The maximum Gasteiger partial charge on any atom is 0.331 e. The Bertz CT molecular complexity index is 552. The van der Waals surface area contributed by atoms with E-state index in [1.165, 1.54) is 25.3 Å². The standard InChI is InChI=1S/C16H20O5/c1-16(2,3)14(18)10-21-15(19)8-6-11-5-7-12(17)13(9-11)20-4/h5-9,17H,10H2,1-4H3. The molecule has 0 aromatic heterocycles. The van der Waals surface area contributed by atoms with Gasteiger partial charge in [-0.2, -0.15) is 0 Å². The van der Waals surface area contributed by atoms with Crippen LogP contribution in [0, 0.1) is 5.41 Å². The first-order valence-corrected chi connectivity index (χ1v) is 6.49. The molecule has 0 aliphatic heterocycles. The lowest BCUT2D eigenvalue weighted by Gasteiger charge is -2.15. The fourth-order valence-electron chi connectivity index (χ4n) is 1.36. The average molecular weight is 292 g/mol. The van der Waals surface area contributed by atoms with Crippen LogP contribution in [0.25, 0.3) is 6.08 Å². The van der Waals surface area contributed by atoms with E-state index in [1.807, 2.05) is 0 Å². The van der Waals surface area contributed by atoms with Gasteiger partial charge in [-0.05, 0) is 23.8 Å². The molecule has 21 heavy (non-hydrogen) atoms. The van der Waals surface area contributed by atoms with E-state index in [1.54, 1.807) is 32.9 Å². The SMILES string of the molecule is COc1cc(C=CC(=O)OCC(=O)C(C)(C)C)ccc1O. The van der Waals surface area contributed by atoms with Gasteiger partial charge in [-0.15, -0.1) is 0 Å². The quantitative estimate of drug-likeness (QED) is 0.667. The van der Waals surface area contributed by atoms with E-state index < -0.39 is 11.4 Å². The molecule has 1 rings (SSSR count). The molecule has 0 heterocycles. The number of benzene rings is 1. The predicted molar refractivity (Wildman–Crippen MR) is 79.1 cm³/mol. The molecule has 0 aliphatic carbocycles. The van der Waals surface area contributed by atoms with Crippen molar-refractivity contribution in [2.45, 2.75) is 20.8 Å². The van der Waals surface area contributed by atoms with E-state index in [2.05, 4.69) is 0 Å². The molecule has 0 saturated heterocycles. The first-order valence-electron chi connectivity index (χ1n) is 6.49. The van der Waals surface area contributed by atoms with Crippen LogP contribution in [-0.4, -0.2) is 30.6 Å². The van der Waals surface area contributed by atoms with Crippen LogP contribution in [0.4, 0.5) is 0 Å². The van der Waals surface area contributed by atoms with E-state index >= 15 is 0 Å². The smallest absolute Gasteiger partial charge is 0.331 e. The van der Waals surface area contributed by atoms with Crippen molar-refractivity contribution in [3.63, 3.8) is 0 Å². The summed E-state index contributed by atoms with van der Waals surface area (Å²) in [4.78, 5) is 23.1. The molecule has 1 N–H and O–H groups in total. The number of carbonyl (C=O) groups excluding carboxylic acids is 2. The molecule has 0 atom stereocenters. The van der Waals surface area contributed by atoms with Gasteiger partial charge in [-0.3, -0.25) is 4.79 Å². The third kappa shape index (κ3) is 5.30. The zero-order chi connectivity index (χ0) is 16.0. The first kappa shape index (κ1) is 16.8. The minimum absolute atomic E-state index is 0.0213. The number of carbonyl (C=O) groups is 2. The molecule has 0 radical (unpaired) electrons. The lowest BCUT2D eigenvalue weighted by atomic mass is 9.91. The Morgan fingerprint density at radius 3 is 2.52 bits per heavy atom. The van der Waals surface area contributed by atoms with Crippen LogP contribution in [0.5, 0.6) is 11.5 Å². The number of hydrogen-bond donors (Lipinski definition) is 1. The molecule has 0 bridgehead atoms. The van der Waals surface area contributed by atoms with E-state index in [0.717, 1.165) is 0 Å². The predicted octanol–water partition coefficient (Wildman–Crippen LogP) is 2.57. The van der Waals surface area contributed by atoms with Crippen molar-refractivity contribution in [3.8, 4) is 11.5 Å². The second kappa shape index (κ2) is 6.92. The molecule has 1 aromatic rings. The number of ether oxygens (including phenoxy) is 2. The van der Waals surface area contributed by atoms with Gasteiger partial charge in [-0.1, -0.05) is 26.8 Å². The second-order valence-electron chi connectivity index (χ2n) is 5.55. The van der Waals surface area contributed by atoms with Gasteiger partial charge >= 0.3 is 5.97 Å². The largest absolute Gasteiger partial charge is 0.504 e. The third-order valence-corrected chi connectivity index (χ3v) is 2.80. The van der Waals surface area contributed by atoms with Gasteiger partial charge < -0.3 is 14.6 Å². The maximum absolute atomic E-state index is 11.6. The number of aromatic hydroxyl groups is 1. The van der Waals surface area contributed by atoms with E-state index in [4.69, 9.17) is 9.47 Å². The van der Waals surface area contributed by atoms with Crippen LogP contribution in [0.3, 0.4) is 0 Å². The monoisotopic (exact) mass is 292 g/mol. The highest BCUT2D eigenvalue weighted by molar-refractivity contribution is 5.91. The van der Waals surface area contributed by atoms with Crippen molar-refractivity contribution in [3.05, 3.63) is 29.8 Å². The Kier molecular flexibility index (Phi) is 5.52. The van der Waals surface area contributed by atoms with Crippen LogP contribution in [0.15, 0.2) is 24.3 Å². The van der Waals surface area contributed by atoms with Crippen molar-refractivity contribution in [1.29, 1.82) is 0 Å². The highest BCUT2D eigenvalue weighted by Crippen LogP contribution is 2.26. The zero-order valence-corrected chi connectivity index (χ0v) is 12.7. The topological polar surface area (TPSA) is 72.8 Å². The Morgan fingerprint density at radius 1 is 1.29 bits per heavy atom. The lowest BCUT2D eigenvalue weighted by molar-refractivity contribution is -0.145. The molecule has 5 heteroatoms. The van der Waals surface area contributed by atoms with Crippen LogP contribution in [0.2, 0.25) is 0 Å². The fraction of sp³-hybridized carbons (Fsp3) is 0.375. The summed E-state index contributed by atoms with van der Waals surface area (Å²) >= 11 is 0. The summed E-state index contributed by atoms with van der Waals surface area (Å²) < 4.78 is 9.84. The first-order chi connectivity index (χ1) is 9.74. The summed E-state index contributed by atoms with van der Waals surface area (Å²) in [6, 6.07) is 4.67. The second-order valence-corrected chi connectivity index (χ2v) is 5.55. The van der Waals surface area contributed by atoms with Gasteiger partial charge in [-0.25, -0.2) is 4.79 Å². The lowest BCUT2D eigenvalue weighted by Crippen LogP contribution is -2.25. The molecule has 0 saturated carbocycles. The molecule has 0 fully saturated rings. The molecule has 0 unspecified atom stereocenters. The van der Waals surface area contributed by atoms with Gasteiger partial charge in [0.05, 0.1) is 7.11 Å². The Labute approximate surface area is 124 Å². The number of methoxy groups -OCH3 is 1. The highest BCUT2D eigenvalue weighted by atomic mass is 16.5. The summed E-state index contributed by atoms with van der Waals surface area (Å²) in [7, 11) is 1.44. The number of phenolic OH excluding ortho intramolecular Hbond substituents is 1. The Morgan fingerprint density at radius 2 is 1.95 bits per heavy atom. The average Bonchev–Trinajstić information content (AvgIpc) is 2.42. The number of hydrogen-bond acceptors (Lipinski definition) is 5. The summed E-state index contributed by atoms with van der Waals surface area (Å²) in [6.45, 7) is 5.05. The molecular weight excluding hydrogens is 272 g/mol. The molecule has 0 spiro atoms. The molecule has 0 aliphatic rings. The third-order valence-electron chi connectivity index (χ3n) is 2.80. The van der Waals surface area contributed by atoms with E-state index in [0.29, 0.717) is 11.3 Å². The molecular formula is C16H20O5. The minimum Gasteiger partial charge on any atom is -0.504 e. The number of esters is 1. The van der Waals surface area contributed by atoms with Crippen molar-refractivity contribution in [2.75, 3.05) is 13.7 Å². The molecule has 5 nitrogen and oxygen atoms in total. The van der Waals surface area contributed by atoms with E-state index in [9.17, 15) is 14.7 Å². The zero-order valence-electron chi connectivity index (χ0n) is 12.7. The molecule has 0 amide bonds. The fourth-order valence-corrected chi connectivity index (χ4v) is 1.36. The summed E-state index contributed by atoms with van der Waals surface area (Å²) in [6.07, 6.45) is 2.74. The number of Topliss-reactive ketones (excluding diaryl/α,β-unsaturated/α-hetero) is 1. The van der Waals surface area contributed by atoms with Crippen molar-refractivity contribution < 1.29 is 24.2 Å². The van der Waals surface area contributed by atoms with E-state index in [-0.39, 0.29) is 18.1 Å². The molecule has 114 valence electrons. The van der Waals surface area contributed by atoms with Crippen LogP contribution < -0.4 is 4.74 Å². The maximum atomic E-state index is 11.6. The van der Waals surface area contributed by atoms with Crippen molar-refractivity contribution in [1.82, 2.24) is 0 Å². The van der Waals surface area contributed by atoms with Gasteiger partial charge in [0, 0.05) is 11.5 Å². The van der Waals surface area contributed by atoms with Crippen LogP contribution in [0.1, 0.15) is 26.3 Å². The highest BCUT2D eigenvalue weighted by Gasteiger charge is 2.21. The number of rotatable bonds is 5. The summed E-state index contributed by atoms with van der Waals surface area (Å²) in [5, 5.41) is 9.46. The summed E-state index contributed by atoms with van der Waals surface area (Å²) in [5.74, 6) is -0.406. The van der Waals surface area contributed by atoms with Gasteiger partial charge in [0.1, 0.15) is 0 Å². The van der Waals surface area contributed by atoms with Crippen LogP contribution in [-0.2, 0) is 14.3 Å². The van der Waals surface area contributed by atoms with Crippen molar-refractivity contribution >= 4 is 17.8 Å².